The van der Waals surface area contributed by atoms with Crippen molar-refractivity contribution in [2.75, 3.05) is 14.2 Å². The van der Waals surface area contributed by atoms with Crippen molar-refractivity contribution in [3.05, 3.63) is 124 Å². The number of ether oxygens (including phenoxy) is 2. The van der Waals surface area contributed by atoms with E-state index in [4.69, 9.17) is 19.5 Å². The van der Waals surface area contributed by atoms with Crippen LogP contribution in [0.2, 0.25) is 0 Å². The number of aromatic nitrogens is 8. The normalized spacial score (nSPS) is 12.9. The summed E-state index contributed by atoms with van der Waals surface area (Å²) in [5.74, 6) is 2.08. The van der Waals surface area contributed by atoms with Gasteiger partial charge in [-0.1, -0.05) is 28.1 Å². The molecule has 2 aromatic carbocycles. The molecule has 0 fully saturated rings. The molecule has 0 saturated heterocycles. The number of hydrogen-bond donors (Lipinski definition) is 2. The Morgan fingerprint density at radius 2 is 1.19 bits per heavy atom. The van der Waals surface area contributed by atoms with Gasteiger partial charge in [-0.3, -0.25) is 19.1 Å². The first-order valence-electron chi connectivity index (χ1n) is 17.0. The lowest BCUT2D eigenvalue weighted by Crippen LogP contribution is -2.32. The Hall–Kier alpha value is -4.60. The molecule has 52 heavy (non-hydrogen) atoms. The molecule has 6 aromatic rings. The van der Waals surface area contributed by atoms with Crippen LogP contribution < -0.4 is 5.46 Å². The number of benzene rings is 2. The van der Waals surface area contributed by atoms with Crippen molar-refractivity contribution in [2.45, 2.75) is 64.6 Å². The van der Waals surface area contributed by atoms with Gasteiger partial charge in [0, 0.05) is 78.5 Å². The van der Waals surface area contributed by atoms with E-state index in [9.17, 15) is 0 Å². The fourth-order valence-corrected chi connectivity index (χ4v) is 6.44. The van der Waals surface area contributed by atoms with Gasteiger partial charge in [-0.15, -0.1) is 20.4 Å². The first-order chi connectivity index (χ1) is 24.9. The van der Waals surface area contributed by atoms with Gasteiger partial charge in [0.25, 0.3) is 0 Å². The van der Waals surface area contributed by atoms with E-state index in [1.165, 1.54) is 34.3 Å². The molecule has 12 nitrogen and oxygen atoms in total. The molecule has 0 unspecified atom stereocenters. The highest BCUT2D eigenvalue weighted by atomic mass is 79.9. The molecule has 0 atom stereocenters. The summed E-state index contributed by atoms with van der Waals surface area (Å²) in [4.78, 5) is 8.33. The van der Waals surface area contributed by atoms with E-state index in [1.54, 1.807) is 39.1 Å². The van der Waals surface area contributed by atoms with Crippen LogP contribution in [0.1, 0.15) is 61.6 Å². The lowest BCUT2D eigenvalue weighted by molar-refractivity contribution is 0.0188. The second-order valence-electron chi connectivity index (χ2n) is 13.6. The lowest BCUT2D eigenvalue weighted by atomic mass is 9.80. The standard InChI is InChI=1S/C19H20N4O.C10H8BrN3.C9H14BNO3/c1-19(2,24-3)16-9-15(10-20-11-16)13-4-6-17-14(8-13)5-7-18-22-21-12-23(17)18;11-8-2-3-9-7(5-8)1-4-10-13-12-6-14(9)10;1-9(2,14-3)7-4-8(10(12)13)6-11-5-7/h4,6,8-12H,5,7H2,1-3H3;2-3,5-6H,1,4H2;4-6,12-13H,1-3H3. The SMILES string of the molecule is Brc1ccc2c(c1)CCc1nncn1-2.COC(C)(C)c1cncc(-c2ccc3c(c2)CCc2nncn2-3)c1.COC(C)(C)c1cncc(B(O)O)c1. The average Bonchev–Trinajstić information content (AvgIpc) is 3.86. The maximum absolute atomic E-state index is 8.96. The zero-order valence-corrected chi connectivity index (χ0v) is 31.7. The number of halogens is 1. The van der Waals surface area contributed by atoms with Crippen molar-refractivity contribution in [3.63, 3.8) is 0 Å². The van der Waals surface area contributed by atoms with Crippen molar-refractivity contribution in [2.24, 2.45) is 0 Å². The molecule has 0 spiro atoms. The van der Waals surface area contributed by atoms with Crippen molar-refractivity contribution in [3.8, 4) is 22.5 Å². The molecule has 268 valence electrons. The lowest BCUT2D eigenvalue weighted by Gasteiger charge is -2.23. The summed E-state index contributed by atoms with van der Waals surface area (Å²) in [6.07, 6.45) is 14.3. The van der Waals surface area contributed by atoms with Crippen LogP contribution in [0, 0.1) is 0 Å². The van der Waals surface area contributed by atoms with Gasteiger partial charge in [-0.2, -0.15) is 0 Å². The fourth-order valence-electron chi connectivity index (χ4n) is 6.03. The van der Waals surface area contributed by atoms with E-state index in [1.807, 2.05) is 46.2 Å². The number of pyridine rings is 2. The van der Waals surface area contributed by atoms with Gasteiger partial charge >= 0.3 is 7.12 Å². The maximum Gasteiger partial charge on any atom is 0.490 e. The molecule has 2 aliphatic rings. The predicted molar refractivity (Wildman–Crippen MR) is 203 cm³/mol. The third-order valence-corrected chi connectivity index (χ3v) is 10.1. The first kappa shape index (κ1) is 37.2. The summed E-state index contributed by atoms with van der Waals surface area (Å²) in [6.45, 7) is 7.87. The Labute approximate surface area is 312 Å². The van der Waals surface area contributed by atoms with E-state index in [2.05, 4.69) is 91.8 Å². The number of methoxy groups -OCH3 is 2. The van der Waals surface area contributed by atoms with Gasteiger partial charge in [0.15, 0.2) is 0 Å². The minimum Gasteiger partial charge on any atom is -0.423 e. The van der Waals surface area contributed by atoms with Crippen molar-refractivity contribution in [1.82, 2.24) is 39.5 Å². The summed E-state index contributed by atoms with van der Waals surface area (Å²) in [5.41, 5.74) is 8.75. The molecule has 0 saturated carbocycles. The van der Waals surface area contributed by atoms with Crippen LogP contribution >= 0.6 is 15.9 Å². The average molecular weight is 766 g/mol. The highest BCUT2D eigenvalue weighted by Crippen LogP contribution is 2.31. The highest BCUT2D eigenvalue weighted by molar-refractivity contribution is 9.10. The molecule has 4 aromatic heterocycles. The predicted octanol–water partition coefficient (Wildman–Crippen LogP) is 5.08. The molecular formula is C38H42BBrN8O4. The van der Waals surface area contributed by atoms with Crippen LogP contribution in [0.3, 0.4) is 0 Å². The van der Waals surface area contributed by atoms with Crippen LogP contribution in [-0.4, -0.2) is 70.9 Å². The van der Waals surface area contributed by atoms with Crippen LogP contribution in [-0.2, 0) is 46.4 Å². The van der Waals surface area contributed by atoms with Gasteiger partial charge in [-0.25, -0.2) is 0 Å². The molecule has 0 bridgehead atoms. The van der Waals surface area contributed by atoms with Crippen molar-refractivity contribution < 1.29 is 19.5 Å². The Morgan fingerprint density at radius 1 is 0.654 bits per heavy atom. The summed E-state index contributed by atoms with van der Waals surface area (Å²) in [6, 6.07) is 16.7. The third kappa shape index (κ3) is 8.06. The van der Waals surface area contributed by atoms with E-state index >= 15 is 0 Å². The first-order valence-corrected chi connectivity index (χ1v) is 17.8. The highest BCUT2D eigenvalue weighted by Gasteiger charge is 2.23. The summed E-state index contributed by atoms with van der Waals surface area (Å²) >= 11 is 3.48. The molecule has 0 radical (unpaired) electrons. The molecular weight excluding hydrogens is 723 g/mol. The zero-order chi connectivity index (χ0) is 37.0. The number of aryl methyl sites for hydroxylation is 4. The van der Waals surface area contributed by atoms with E-state index in [-0.39, 0.29) is 5.60 Å². The molecule has 0 amide bonds. The molecule has 0 aliphatic carbocycles. The van der Waals surface area contributed by atoms with E-state index < -0.39 is 12.7 Å². The van der Waals surface area contributed by atoms with Gasteiger partial charge in [0.05, 0.1) is 22.6 Å². The minimum atomic E-state index is -1.49. The van der Waals surface area contributed by atoms with Gasteiger partial charge in [0.1, 0.15) is 24.3 Å². The smallest absolute Gasteiger partial charge is 0.423 e. The number of rotatable bonds is 6. The number of hydrogen-bond acceptors (Lipinski definition) is 10. The Bertz CT molecular complexity index is 2170. The molecule has 8 rings (SSSR count). The van der Waals surface area contributed by atoms with Crippen LogP contribution in [0.15, 0.2) is 90.4 Å². The monoisotopic (exact) mass is 764 g/mol. The molecule has 14 heteroatoms. The third-order valence-electron chi connectivity index (χ3n) is 9.65. The molecule has 6 heterocycles. The van der Waals surface area contributed by atoms with E-state index in [0.29, 0.717) is 5.46 Å². The Balaban J connectivity index is 0.000000143. The quantitative estimate of drug-likeness (QED) is 0.220. The summed E-state index contributed by atoms with van der Waals surface area (Å²) in [5, 5.41) is 34.1. The van der Waals surface area contributed by atoms with Crippen LogP contribution in [0.25, 0.3) is 22.5 Å². The van der Waals surface area contributed by atoms with Crippen LogP contribution in [0.4, 0.5) is 0 Å². The second-order valence-corrected chi connectivity index (χ2v) is 14.5. The van der Waals surface area contributed by atoms with Gasteiger partial charge < -0.3 is 19.5 Å². The van der Waals surface area contributed by atoms with Gasteiger partial charge in [-0.05, 0) is 93.6 Å². The largest absolute Gasteiger partial charge is 0.490 e. The molecule has 2 N–H and O–H groups in total. The summed E-state index contributed by atoms with van der Waals surface area (Å²) < 4.78 is 16.1. The van der Waals surface area contributed by atoms with Gasteiger partial charge in [0.2, 0.25) is 0 Å². The maximum atomic E-state index is 8.96. The minimum absolute atomic E-state index is 0.353. The Kier molecular flexibility index (Phi) is 11.1. The number of fused-ring (bicyclic) bond motifs is 6. The van der Waals surface area contributed by atoms with Crippen LogP contribution in [0.5, 0.6) is 0 Å². The van der Waals surface area contributed by atoms with Crippen molar-refractivity contribution in [1.29, 1.82) is 0 Å². The van der Waals surface area contributed by atoms with E-state index in [0.717, 1.165) is 58.5 Å². The topological polar surface area (TPSA) is 146 Å². The zero-order valence-electron chi connectivity index (χ0n) is 30.2. The molecule has 2 aliphatic heterocycles. The van der Waals surface area contributed by atoms with Crippen molar-refractivity contribution >= 4 is 28.5 Å². The Morgan fingerprint density at radius 3 is 1.77 bits per heavy atom. The summed E-state index contributed by atoms with van der Waals surface area (Å²) in [7, 11) is 1.83. The number of nitrogens with zero attached hydrogens (tertiary/aromatic N) is 8. The fraction of sp³-hybridized carbons (Fsp3) is 0.316. The second kappa shape index (κ2) is 15.6.